The van der Waals surface area contributed by atoms with Gasteiger partial charge in [-0.2, -0.15) is 0 Å². The second-order valence-corrected chi connectivity index (χ2v) is 4.24. The second-order valence-electron chi connectivity index (χ2n) is 4.24. The Morgan fingerprint density at radius 3 is 2.57 bits per heavy atom. The van der Waals surface area contributed by atoms with E-state index in [1.807, 2.05) is 0 Å². The lowest BCUT2D eigenvalue weighted by Gasteiger charge is -2.29. The van der Waals surface area contributed by atoms with Gasteiger partial charge >= 0.3 is 0 Å². The Labute approximate surface area is 85.8 Å². The van der Waals surface area contributed by atoms with Crippen molar-refractivity contribution in [2.45, 2.75) is 25.0 Å². The van der Waals surface area contributed by atoms with Crippen LogP contribution in [-0.4, -0.2) is 56.4 Å². The quantitative estimate of drug-likeness (QED) is 0.637. The molecule has 4 nitrogen and oxygen atoms in total. The van der Waals surface area contributed by atoms with Crippen molar-refractivity contribution < 1.29 is 4.74 Å². The first-order chi connectivity index (χ1) is 6.88. The number of nitrogens with zero attached hydrogens (tertiary/aromatic N) is 1. The Morgan fingerprint density at radius 1 is 1.21 bits per heavy atom. The van der Waals surface area contributed by atoms with Crippen molar-refractivity contribution in [1.82, 2.24) is 10.2 Å². The van der Waals surface area contributed by atoms with E-state index in [-0.39, 0.29) is 0 Å². The molecule has 3 N–H and O–H groups in total. The molecule has 0 aromatic heterocycles. The third-order valence-corrected chi connectivity index (χ3v) is 3.13. The maximum atomic E-state index is 5.83. The van der Waals surface area contributed by atoms with E-state index in [0.717, 1.165) is 39.1 Å². The fraction of sp³-hybridized carbons (Fsp3) is 1.00. The molecular formula is C10H21N3O. The predicted molar refractivity (Wildman–Crippen MR) is 56.3 cm³/mol. The Kier molecular flexibility index (Phi) is 3.75. The lowest BCUT2D eigenvalue weighted by molar-refractivity contribution is 0.0249. The zero-order valence-electron chi connectivity index (χ0n) is 8.74. The Balaban J connectivity index is 1.69. The minimum Gasteiger partial charge on any atom is -0.372 e. The number of hydrogen-bond donors (Lipinski definition) is 2. The Morgan fingerprint density at radius 2 is 1.93 bits per heavy atom. The van der Waals surface area contributed by atoms with Crippen molar-refractivity contribution in [3.63, 3.8) is 0 Å². The third kappa shape index (κ3) is 2.67. The summed E-state index contributed by atoms with van der Waals surface area (Å²) in [4.78, 5) is 2.49. The van der Waals surface area contributed by atoms with E-state index in [4.69, 9.17) is 10.5 Å². The lowest BCUT2D eigenvalue weighted by Crippen LogP contribution is -2.46. The first-order valence-corrected chi connectivity index (χ1v) is 5.67. The fourth-order valence-corrected chi connectivity index (χ4v) is 2.27. The number of hydrogen-bond acceptors (Lipinski definition) is 4. The van der Waals surface area contributed by atoms with Gasteiger partial charge in [-0.15, -0.1) is 0 Å². The molecule has 0 spiro atoms. The SMILES string of the molecule is NC[C@@H]1CC[C@H](CN2CCNCC2)O1. The number of nitrogens with one attached hydrogen (secondary N) is 1. The van der Waals surface area contributed by atoms with Crippen molar-refractivity contribution in [3.8, 4) is 0 Å². The van der Waals surface area contributed by atoms with Crippen molar-refractivity contribution in [1.29, 1.82) is 0 Å². The predicted octanol–water partition coefficient (Wildman–Crippen LogP) is -0.602. The molecule has 14 heavy (non-hydrogen) atoms. The summed E-state index contributed by atoms with van der Waals surface area (Å²) in [7, 11) is 0. The van der Waals surface area contributed by atoms with Crippen molar-refractivity contribution >= 4 is 0 Å². The molecule has 0 aliphatic carbocycles. The highest BCUT2D eigenvalue weighted by Gasteiger charge is 2.26. The Hall–Kier alpha value is -0.160. The Bertz CT molecular complexity index is 171. The topological polar surface area (TPSA) is 50.5 Å². The highest BCUT2D eigenvalue weighted by Crippen LogP contribution is 2.19. The van der Waals surface area contributed by atoms with Crippen LogP contribution in [0, 0.1) is 0 Å². The molecule has 2 rings (SSSR count). The molecule has 2 aliphatic rings. The monoisotopic (exact) mass is 199 g/mol. The molecule has 0 aromatic rings. The summed E-state index contributed by atoms with van der Waals surface area (Å²) in [6.07, 6.45) is 3.09. The first-order valence-electron chi connectivity index (χ1n) is 5.67. The molecule has 0 amide bonds. The smallest absolute Gasteiger partial charge is 0.0707 e. The number of piperazine rings is 1. The van der Waals surface area contributed by atoms with Crippen LogP contribution in [-0.2, 0) is 4.74 Å². The van der Waals surface area contributed by atoms with Crippen molar-refractivity contribution in [2.75, 3.05) is 39.3 Å². The molecule has 2 heterocycles. The summed E-state index contributed by atoms with van der Waals surface area (Å²) in [5.74, 6) is 0. The van der Waals surface area contributed by atoms with E-state index in [2.05, 4.69) is 10.2 Å². The van der Waals surface area contributed by atoms with Crippen LogP contribution >= 0.6 is 0 Å². The van der Waals surface area contributed by atoms with E-state index >= 15 is 0 Å². The van der Waals surface area contributed by atoms with Crippen LogP contribution < -0.4 is 11.1 Å². The molecule has 0 unspecified atom stereocenters. The van der Waals surface area contributed by atoms with Crippen molar-refractivity contribution in [2.24, 2.45) is 5.73 Å². The zero-order chi connectivity index (χ0) is 9.80. The van der Waals surface area contributed by atoms with Gasteiger partial charge in [0.15, 0.2) is 0 Å². The van der Waals surface area contributed by atoms with Gasteiger partial charge in [-0.05, 0) is 12.8 Å². The van der Waals surface area contributed by atoms with Crippen LogP contribution in [0.5, 0.6) is 0 Å². The van der Waals surface area contributed by atoms with Gasteiger partial charge in [0.1, 0.15) is 0 Å². The molecule has 82 valence electrons. The van der Waals surface area contributed by atoms with Crippen LogP contribution in [0.25, 0.3) is 0 Å². The molecule has 2 aliphatic heterocycles. The van der Waals surface area contributed by atoms with Gasteiger partial charge in [-0.25, -0.2) is 0 Å². The summed E-state index contributed by atoms with van der Waals surface area (Å²) in [6, 6.07) is 0. The van der Waals surface area contributed by atoms with Gasteiger partial charge in [0.25, 0.3) is 0 Å². The third-order valence-electron chi connectivity index (χ3n) is 3.13. The number of rotatable bonds is 3. The average molecular weight is 199 g/mol. The fourth-order valence-electron chi connectivity index (χ4n) is 2.27. The van der Waals surface area contributed by atoms with E-state index in [9.17, 15) is 0 Å². The molecule has 2 atom stereocenters. The molecular weight excluding hydrogens is 178 g/mol. The maximum absolute atomic E-state index is 5.83. The van der Waals surface area contributed by atoms with Crippen LogP contribution in [0.4, 0.5) is 0 Å². The van der Waals surface area contributed by atoms with E-state index < -0.39 is 0 Å². The van der Waals surface area contributed by atoms with E-state index in [1.165, 1.54) is 6.42 Å². The van der Waals surface area contributed by atoms with Crippen LogP contribution in [0.15, 0.2) is 0 Å². The van der Waals surface area contributed by atoms with Crippen LogP contribution in [0.2, 0.25) is 0 Å². The average Bonchev–Trinajstić information content (AvgIpc) is 2.67. The highest BCUT2D eigenvalue weighted by molar-refractivity contribution is 4.78. The second kappa shape index (κ2) is 5.07. The molecule has 2 fully saturated rings. The maximum Gasteiger partial charge on any atom is 0.0707 e. The summed E-state index contributed by atoms with van der Waals surface area (Å²) in [6.45, 7) is 6.33. The summed E-state index contributed by atoms with van der Waals surface area (Å²) < 4.78 is 5.83. The molecule has 2 saturated heterocycles. The van der Waals surface area contributed by atoms with Gasteiger partial charge in [-0.1, -0.05) is 0 Å². The normalized spacial score (nSPS) is 34.9. The minimum atomic E-state index is 0.322. The van der Waals surface area contributed by atoms with Gasteiger partial charge < -0.3 is 15.8 Å². The minimum absolute atomic E-state index is 0.322. The number of ether oxygens (including phenoxy) is 1. The standard InChI is InChI=1S/C10H21N3O/c11-7-9-1-2-10(14-9)8-13-5-3-12-4-6-13/h9-10,12H,1-8,11H2/t9-,10+/m0/s1. The van der Waals surface area contributed by atoms with Crippen molar-refractivity contribution in [3.05, 3.63) is 0 Å². The number of nitrogens with two attached hydrogens (primary N) is 1. The summed E-state index contributed by atoms with van der Waals surface area (Å²) >= 11 is 0. The molecule has 0 radical (unpaired) electrons. The zero-order valence-corrected chi connectivity index (χ0v) is 8.74. The van der Waals surface area contributed by atoms with Gasteiger partial charge in [-0.3, -0.25) is 4.90 Å². The summed E-state index contributed by atoms with van der Waals surface area (Å²) in [5.41, 5.74) is 5.58. The lowest BCUT2D eigenvalue weighted by atomic mass is 10.2. The molecule has 0 aromatic carbocycles. The van der Waals surface area contributed by atoms with E-state index in [0.29, 0.717) is 18.8 Å². The highest BCUT2D eigenvalue weighted by atomic mass is 16.5. The van der Waals surface area contributed by atoms with Gasteiger partial charge in [0.05, 0.1) is 12.2 Å². The summed E-state index contributed by atoms with van der Waals surface area (Å²) in [5, 5.41) is 3.36. The van der Waals surface area contributed by atoms with Crippen LogP contribution in [0.3, 0.4) is 0 Å². The van der Waals surface area contributed by atoms with E-state index in [1.54, 1.807) is 0 Å². The largest absolute Gasteiger partial charge is 0.372 e. The molecule has 4 heteroatoms. The van der Waals surface area contributed by atoms with Crippen LogP contribution in [0.1, 0.15) is 12.8 Å². The molecule has 0 saturated carbocycles. The first kappa shape index (κ1) is 10.4. The van der Waals surface area contributed by atoms with Gasteiger partial charge in [0.2, 0.25) is 0 Å². The van der Waals surface area contributed by atoms with Gasteiger partial charge in [0, 0.05) is 39.3 Å². The molecule has 0 bridgehead atoms.